The largest absolute Gasteiger partial charge is 0.492 e. The fourth-order valence-electron chi connectivity index (χ4n) is 12.6. The number of carbonyl (C=O) groups is 10. The molecule has 7 N–H and O–H groups in total. The van der Waals surface area contributed by atoms with Crippen LogP contribution in [0.1, 0.15) is 128 Å². The molecular formula is C72H84ClN11O13S. The smallest absolute Gasteiger partial charge is 0.415 e. The summed E-state index contributed by atoms with van der Waals surface area (Å²) in [5.41, 5.74) is 11.5. The molecule has 3 aliphatic rings. The predicted molar refractivity (Wildman–Crippen MR) is 376 cm³/mol. The van der Waals surface area contributed by atoms with E-state index in [1.165, 1.54) is 53.2 Å². The molecule has 6 heterocycles. The second-order valence-electron chi connectivity index (χ2n) is 25.8. The van der Waals surface area contributed by atoms with Crippen molar-refractivity contribution in [1.82, 2.24) is 34.9 Å². The fraction of sp³-hybridized carbons (Fsp3) is 0.417. The number of aromatic nitrogens is 2. The minimum atomic E-state index is -0.860. The van der Waals surface area contributed by atoms with Crippen LogP contribution in [-0.2, 0) is 40.1 Å². The number of ether oxygens (including phenoxy) is 3. The maximum Gasteiger partial charge on any atom is 0.415 e. The Hall–Kier alpha value is -9.59. The zero-order valence-corrected chi connectivity index (χ0v) is 57.4. The molecule has 1 fully saturated rings. The number of benzene rings is 4. The number of likely N-dealkylation sites (N-methyl/N-ethyl adjacent to an activating group) is 2. The zero-order chi connectivity index (χ0) is 69.7. The monoisotopic (exact) mass is 1380 g/mol. The predicted octanol–water partition coefficient (Wildman–Crippen LogP) is 10.8. The number of thiophene rings is 1. The third kappa shape index (κ3) is 17.8. The number of carbonyl (C=O) groups excluding carboxylic acids is 10. The maximum atomic E-state index is 14.7. The van der Waals surface area contributed by atoms with Gasteiger partial charge in [0.25, 0.3) is 23.6 Å². The minimum Gasteiger partial charge on any atom is -0.492 e. The number of hydrogen-bond acceptors (Lipinski definition) is 15. The minimum absolute atomic E-state index is 0.0685. The summed E-state index contributed by atoms with van der Waals surface area (Å²) in [6.07, 6.45) is 6.37. The SMILES string of the molecule is Cc1csc2c(OC(=O)N(C)CCN(C)C(=O)OCc3ccc(NC(=O)[C@H](CCCCC(N)=O)CC(=O)[C@@H](NC(=O)CCCCCN4C(=O)C=CC4=O)C(C)C)cc3)cc3c(c12)[C@@H](CCl)CN3C(=O)c1cc2cc(NC(=O)c3cc4cc(OCCN5CCCC5)ccc4[nH]3)ccc2[nH]1. The van der Waals surface area contributed by atoms with E-state index >= 15 is 0 Å². The second kappa shape index (κ2) is 32.6. The van der Waals surface area contributed by atoms with E-state index in [2.05, 4.69) is 30.8 Å². The number of H-pyrrole nitrogens is 2. The number of unbranched alkanes of at least 4 members (excludes halogenated alkanes) is 3. The quantitative estimate of drug-likeness (QED) is 0.0130. The number of likely N-dealkylation sites (tertiary alicyclic amines) is 1. The highest BCUT2D eigenvalue weighted by Crippen LogP contribution is 2.49. The van der Waals surface area contributed by atoms with Crippen molar-refractivity contribution in [3.63, 3.8) is 0 Å². The van der Waals surface area contributed by atoms with Gasteiger partial charge >= 0.3 is 12.2 Å². The van der Waals surface area contributed by atoms with Gasteiger partial charge in [0.15, 0.2) is 11.5 Å². The number of halogens is 1. The number of amides is 9. The summed E-state index contributed by atoms with van der Waals surface area (Å²) < 4.78 is 18.5. The van der Waals surface area contributed by atoms with Crippen LogP contribution >= 0.6 is 22.9 Å². The molecule has 9 amide bonds. The molecular weight excluding hydrogens is 1290 g/mol. The number of fused-ring (bicyclic) bond motifs is 5. The number of nitrogens with one attached hydrogen (secondary N) is 5. The molecule has 0 spiro atoms. The lowest BCUT2D eigenvalue weighted by atomic mass is 9.88. The van der Waals surface area contributed by atoms with Gasteiger partial charge in [-0.25, -0.2) is 9.59 Å². The number of aromatic amines is 2. The van der Waals surface area contributed by atoms with E-state index in [1.54, 1.807) is 86.5 Å². The molecule has 98 heavy (non-hydrogen) atoms. The summed E-state index contributed by atoms with van der Waals surface area (Å²) in [6, 6.07) is 22.1. The van der Waals surface area contributed by atoms with Gasteiger partial charge in [-0.2, -0.15) is 0 Å². The lowest BCUT2D eigenvalue weighted by Crippen LogP contribution is -2.45. The maximum absolute atomic E-state index is 14.7. The van der Waals surface area contributed by atoms with Crippen LogP contribution < -0.4 is 36.1 Å². The van der Waals surface area contributed by atoms with Gasteiger partial charge in [-0.1, -0.05) is 38.8 Å². The number of aryl methyl sites for hydroxylation is 1. The van der Waals surface area contributed by atoms with Crippen molar-refractivity contribution < 1.29 is 62.2 Å². The van der Waals surface area contributed by atoms with E-state index < -0.39 is 36.0 Å². The molecule has 0 radical (unpaired) electrons. The summed E-state index contributed by atoms with van der Waals surface area (Å²) >= 11 is 8.07. The Morgan fingerprint density at radius 1 is 0.765 bits per heavy atom. The van der Waals surface area contributed by atoms with E-state index in [1.807, 2.05) is 30.5 Å². The third-order valence-electron chi connectivity index (χ3n) is 18.1. The van der Waals surface area contributed by atoms with E-state index in [4.69, 9.17) is 31.5 Å². The number of primary amides is 1. The summed E-state index contributed by atoms with van der Waals surface area (Å²) in [6.45, 7) is 9.81. The van der Waals surface area contributed by atoms with Crippen LogP contribution in [0.25, 0.3) is 31.9 Å². The third-order valence-corrected chi connectivity index (χ3v) is 19.6. The molecule has 3 aliphatic heterocycles. The Bertz CT molecular complexity index is 4160. The summed E-state index contributed by atoms with van der Waals surface area (Å²) in [7, 11) is 3.09. The second-order valence-corrected chi connectivity index (χ2v) is 26.9. The molecule has 1 saturated heterocycles. The lowest BCUT2D eigenvalue weighted by Gasteiger charge is -2.24. The molecule has 0 saturated carbocycles. The first kappa shape index (κ1) is 71.2. The van der Waals surface area contributed by atoms with Gasteiger partial charge in [-0.3, -0.25) is 48.2 Å². The van der Waals surface area contributed by atoms with Crippen molar-refractivity contribution in [2.24, 2.45) is 17.6 Å². The fourth-order valence-corrected chi connectivity index (χ4v) is 13.8. The Morgan fingerprint density at radius 2 is 1.44 bits per heavy atom. The van der Waals surface area contributed by atoms with Crippen molar-refractivity contribution in [1.29, 1.82) is 0 Å². The molecule has 3 aromatic heterocycles. The molecule has 0 bridgehead atoms. The lowest BCUT2D eigenvalue weighted by molar-refractivity contribution is -0.137. The Morgan fingerprint density at radius 3 is 2.15 bits per heavy atom. The van der Waals surface area contributed by atoms with Crippen molar-refractivity contribution in [2.75, 3.05) is 87.9 Å². The van der Waals surface area contributed by atoms with Crippen LogP contribution in [0.3, 0.4) is 0 Å². The number of nitrogens with two attached hydrogens (primary N) is 1. The van der Waals surface area contributed by atoms with Gasteiger partial charge in [-0.05, 0) is 147 Å². The Kier molecular flexibility index (Phi) is 23.7. The molecule has 3 atom stereocenters. The summed E-state index contributed by atoms with van der Waals surface area (Å²) in [4.78, 5) is 146. The number of ketones is 1. The highest BCUT2D eigenvalue weighted by atomic mass is 35.5. The van der Waals surface area contributed by atoms with Crippen LogP contribution in [-0.4, -0.2) is 167 Å². The van der Waals surface area contributed by atoms with Crippen molar-refractivity contribution in [3.05, 3.63) is 124 Å². The molecule has 26 heteroatoms. The van der Waals surface area contributed by atoms with Crippen molar-refractivity contribution in [3.8, 4) is 11.5 Å². The number of Topliss-reactive ketones (excluding diaryl/α,β-unsaturated/α-hetero) is 1. The Labute approximate surface area is 576 Å². The van der Waals surface area contributed by atoms with Crippen LogP contribution in [0.5, 0.6) is 11.5 Å². The number of nitrogens with zero attached hydrogens (tertiary/aromatic N) is 5. The number of anilines is 3. The van der Waals surface area contributed by atoms with Gasteiger partial charge in [0.2, 0.25) is 17.7 Å². The van der Waals surface area contributed by atoms with Gasteiger partial charge in [-0.15, -0.1) is 22.9 Å². The molecule has 10 rings (SSSR count). The first-order chi connectivity index (χ1) is 47.1. The van der Waals surface area contributed by atoms with E-state index in [0.29, 0.717) is 83.6 Å². The van der Waals surface area contributed by atoms with Crippen molar-refractivity contribution >= 4 is 131 Å². The van der Waals surface area contributed by atoms with E-state index in [9.17, 15) is 47.9 Å². The molecule has 24 nitrogen and oxygen atoms in total. The zero-order valence-electron chi connectivity index (χ0n) is 55.8. The van der Waals surface area contributed by atoms with Gasteiger partial charge in [0, 0.05) is 141 Å². The summed E-state index contributed by atoms with van der Waals surface area (Å²) in [5, 5.41) is 13.1. The molecule has 0 aliphatic carbocycles. The standard InChI is InChI=1S/C72H84ClN11O13S/c1-43(2)66(79-61(87)15-7-6-10-28-83-62(88)24-25-63(83)89)58(85)37-46(13-8-9-14-60(74)86)68(90)75-50-18-16-45(17-19-50)41-96-71(93)80(4)29-30-81(5)72(94)97-59-38-57-65(64-44(3)42-98-67(59)64)49(39-73)40-84(57)70(92)56-36-47-33-51(20-22-53(47)78-56)76-69(91)55-35-48-34-52(21-23-54(48)77-55)95-32-31-82-26-11-12-27-82/h16-25,33-36,38,42-43,46,49,66,77-78H,6-15,26-32,37,39-41H2,1-5H3,(H2,74,86)(H,75,90)(H,76,91)(H,79,87)/t46-,49+,66+/m1/s1. The molecule has 7 aromatic rings. The van der Waals surface area contributed by atoms with Crippen LogP contribution in [0.15, 0.2) is 96.4 Å². The van der Waals surface area contributed by atoms with E-state index in [-0.39, 0.29) is 117 Å². The normalized spacial score (nSPS) is 15.1. The molecule has 518 valence electrons. The van der Waals surface area contributed by atoms with Crippen LogP contribution in [0.2, 0.25) is 0 Å². The topological polar surface area (TPSA) is 308 Å². The van der Waals surface area contributed by atoms with Crippen LogP contribution in [0.4, 0.5) is 26.7 Å². The first-order valence-electron chi connectivity index (χ1n) is 33.3. The van der Waals surface area contributed by atoms with Gasteiger partial charge in [0.05, 0.1) is 16.4 Å². The molecule has 0 unspecified atom stereocenters. The highest BCUT2D eigenvalue weighted by Gasteiger charge is 2.38. The van der Waals surface area contributed by atoms with Gasteiger partial charge in [0.1, 0.15) is 30.4 Å². The first-order valence-corrected chi connectivity index (χ1v) is 34.7. The Balaban J connectivity index is 0.700. The summed E-state index contributed by atoms with van der Waals surface area (Å²) in [5.74, 6) is -3.00. The average Bonchev–Trinajstić information content (AvgIpc) is 1.57. The molecule has 4 aromatic carbocycles. The highest BCUT2D eigenvalue weighted by molar-refractivity contribution is 7.17. The number of hydrogen-bond donors (Lipinski definition) is 6. The number of alkyl halides is 1. The van der Waals surface area contributed by atoms with Gasteiger partial charge < -0.3 is 60.6 Å². The van der Waals surface area contributed by atoms with E-state index in [0.717, 1.165) is 62.4 Å². The van der Waals surface area contributed by atoms with Crippen molar-refractivity contribution in [2.45, 2.75) is 110 Å². The average molecular weight is 1380 g/mol. The number of rotatable bonds is 32. The number of imide groups is 1. The van der Waals surface area contributed by atoms with Crippen LogP contribution in [0, 0.1) is 18.8 Å².